The third-order valence-corrected chi connectivity index (χ3v) is 15.5. The number of carbonyl (C=O) groups is 11. The Labute approximate surface area is 565 Å². The second-order valence-electron chi connectivity index (χ2n) is 23.3. The molecule has 0 unspecified atom stereocenters. The first-order valence-electron chi connectivity index (χ1n) is 32.2. The molecule has 2 saturated heterocycles. The average molecular weight is 1400 g/mol. The summed E-state index contributed by atoms with van der Waals surface area (Å²) in [5.41, 5.74) is 0.863. The molecule has 2 aliphatic heterocycles. The number of hydrogen-bond donors (Lipinski definition) is 11. The highest BCUT2D eigenvalue weighted by atomic mass is 16.7. The largest absolute Gasteiger partial charge is 0.481 e. The summed E-state index contributed by atoms with van der Waals surface area (Å²) >= 11 is 0. The van der Waals surface area contributed by atoms with Crippen molar-refractivity contribution >= 4 is 64.6 Å². The maximum absolute atomic E-state index is 13.7. The number of aliphatic hydroxyl groups is 6. The van der Waals surface area contributed by atoms with Crippen LogP contribution >= 0.6 is 0 Å². The molecule has 0 radical (unpaired) electrons. The summed E-state index contributed by atoms with van der Waals surface area (Å²) in [6, 6.07) is 7.48. The van der Waals surface area contributed by atoms with Crippen LogP contribution < -0.4 is 26.0 Å². The van der Waals surface area contributed by atoms with Gasteiger partial charge in [0.2, 0.25) is 24.4 Å². The molecule has 2 aromatic rings. The predicted octanol–water partition coefficient (Wildman–Crippen LogP) is 0.0305. The lowest BCUT2D eigenvalue weighted by Crippen LogP contribution is -2.61. The summed E-state index contributed by atoms with van der Waals surface area (Å²) in [4.78, 5) is 144. The SMILES string of the molecule is CC[C@@H](CC(=O)COCCOCCCC(=O)c1cc(COC(C)=O)ccc1O[C@@H]1O[C@H](C(=O)O)[C@@H](O)[C@H](O)[C@H]1O)C(=O)NCCCC[C@@H](NC(=O)[C@@H](CCC(=O)O)CC(=O)COCCOCCCC(=O)c1cc(COC(C)=O)ccc1O[C@@H]1OC[C@@H](O)[C@H](O)[C@H]1O)C(=O)CCCON. The van der Waals surface area contributed by atoms with E-state index in [0.29, 0.717) is 30.4 Å². The first-order chi connectivity index (χ1) is 46.7. The number of ether oxygens (including phenoxy) is 10. The van der Waals surface area contributed by atoms with E-state index in [1.165, 1.54) is 50.2 Å². The zero-order chi connectivity index (χ0) is 72.3. The van der Waals surface area contributed by atoms with Gasteiger partial charge in [-0.2, -0.15) is 0 Å². The van der Waals surface area contributed by atoms with Gasteiger partial charge in [-0.25, -0.2) is 10.7 Å². The van der Waals surface area contributed by atoms with Crippen LogP contribution in [0.2, 0.25) is 0 Å². The molecule has 33 heteroatoms. The number of aliphatic carboxylic acids is 2. The van der Waals surface area contributed by atoms with Crippen molar-refractivity contribution in [3.8, 4) is 11.5 Å². The molecule has 0 bridgehead atoms. The number of carbonyl (C=O) groups excluding carboxylic acids is 9. The Hall–Kier alpha value is -7.35. The van der Waals surface area contributed by atoms with E-state index >= 15 is 0 Å². The second-order valence-corrected chi connectivity index (χ2v) is 23.3. The molecule has 0 aromatic heterocycles. The first-order valence-corrected chi connectivity index (χ1v) is 32.2. The van der Waals surface area contributed by atoms with Crippen LogP contribution in [-0.2, 0) is 99.1 Å². The molecule has 33 nitrogen and oxygen atoms in total. The monoisotopic (exact) mass is 1400 g/mol. The van der Waals surface area contributed by atoms with Gasteiger partial charge >= 0.3 is 23.9 Å². The fourth-order valence-electron chi connectivity index (χ4n) is 10.0. The minimum atomic E-state index is -1.97. The topological polar surface area (TPSA) is 501 Å². The highest BCUT2D eigenvalue weighted by Gasteiger charge is 2.48. The maximum atomic E-state index is 13.7. The van der Waals surface area contributed by atoms with Gasteiger partial charge in [0.1, 0.15) is 74.6 Å². The smallest absolute Gasteiger partial charge is 0.335 e. The van der Waals surface area contributed by atoms with Gasteiger partial charge in [-0.1, -0.05) is 19.1 Å². The van der Waals surface area contributed by atoms with E-state index in [1.807, 2.05) is 0 Å². The van der Waals surface area contributed by atoms with Gasteiger partial charge in [-0.3, -0.25) is 47.9 Å². The van der Waals surface area contributed by atoms with Crippen molar-refractivity contribution in [2.75, 3.05) is 72.6 Å². The Morgan fingerprint density at radius 1 is 0.571 bits per heavy atom. The first kappa shape index (κ1) is 83.1. The molecule has 0 spiro atoms. The summed E-state index contributed by atoms with van der Waals surface area (Å²) in [6.45, 7) is 3.00. The Balaban J connectivity index is 1.16. The number of hydrogen-bond acceptors (Lipinski definition) is 29. The predicted molar refractivity (Wildman–Crippen MR) is 334 cm³/mol. The molecule has 98 heavy (non-hydrogen) atoms. The molecule has 2 aromatic carbocycles. The summed E-state index contributed by atoms with van der Waals surface area (Å²) in [6.07, 6.45) is -15.3. The number of Topliss-reactive ketones (excluding diaryl/α,β-unsaturated/α-hetero) is 5. The molecule has 4 rings (SSSR count). The fraction of sp³-hybridized carbons (Fsp3) is 0.646. The highest BCUT2D eigenvalue weighted by molar-refractivity contribution is 5.99. The lowest BCUT2D eigenvalue weighted by atomic mass is 9.94. The van der Waals surface area contributed by atoms with Crippen LogP contribution in [0.4, 0.5) is 0 Å². The number of aliphatic hydroxyl groups excluding tert-OH is 6. The van der Waals surface area contributed by atoms with Crippen molar-refractivity contribution in [2.45, 2.75) is 185 Å². The van der Waals surface area contributed by atoms with Crippen LogP contribution in [0.3, 0.4) is 0 Å². The molecule has 2 fully saturated rings. The van der Waals surface area contributed by atoms with Crippen molar-refractivity contribution < 1.29 is 146 Å². The molecule has 0 aliphatic carbocycles. The van der Waals surface area contributed by atoms with E-state index in [9.17, 15) is 93.6 Å². The van der Waals surface area contributed by atoms with Crippen molar-refractivity contribution in [3.63, 3.8) is 0 Å². The lowest BCUT2D eigenvalue weighted by Gasteiger charge is -2.38. The molecule has 548 valence electrons. The van der Waals surface area contributed by atoms with Gasteiger partial charge < -0.3 is 104 Å². The normalized spacial score (nSPS) is 20.8. The Kier molecular flexibility index (Phi) is 37.8. The number of esters is 2. The van der Waals surface area contributed by atoms with Crippen LogP contribution in [0.25, 0.3) is 0 Å². The molecule has 2 heterocycles. The Bertz CT molecular complexity index is 2930. The number of rotatable bonds is 50. The third-order valence-electron chi connectivity index (χ3n) is 15.5. The third kappa shape index (κ3) is 29.6. The standard InChI is InChI=1S/C65H93N3O30/c1-4-41(30-43(71)34-90-26-24-88-22-8-12-49(74)46-29-40(33-93-38(3)70)15-18-53(46)97-65-59(83)56(80)57(81)60(98-65)63(86)87)61(84)67-20-6-5-10-47(50(75)13-9-23-95-66)68-62(85)42(16-19-54(77)78)31-44(72)35-91-27-25-89-21-7-11-48(73)45-28-39(32-92-37(2)69)14-17-52(45)96-64-58(82)55(79)51(76)36-94-64/h14-15,17-18,28-29,41-42,47,51,55-60,64-65,76,79-83H,4-13,16,19-27,30-36,66H2,1-3H3,(H,67,84)(H,68,85)(H,77,78)(H,86,87)/t41-,42-,47+,51+,55-,56-,57-,58+,59+,60-,64-,65+/m0/s1. The lowest BCUT2D eigenvalue weighted by molar-refractivity contribution is -0.271. The van der Waals surface area contributed by atoms with E-state index in [2.05, 4.69) is 15.5 Å². The van der Waals surface area contributed by atoms with Gasteiger partial charge in [0.05, 0.1) is 56.8 Å². The minimum Gasteiger partial charge on any atom is -0.481 e. The van der Waals surface area contributed by atoms with E-state index in [4.69, 9.17) is 53.3 Å². The van der Waals surface area contributed by atoms with E-state index in [-0.39, 0.29) is 171 Å². The highest BCUT2D eigenvalue weighted by Crippen LogP contribution is 2.31. The number of nitrogens with two attached hydrogens (primary N) is 1. The van der Waals surface area contributed by atoms with Gasteiger partial charge in [0.15, 0.2) is 35.0 Å². The fourth-order valence-corrected chi connectivity index (χ4v) is 10.0. The Morgan fingerprint density at radius 3 is 1.61 bits per heavy atom. The number of nitrogens with one attached hydrogen (secondary N) is 2. The number of amides is 2. The summed E-state index contributed by atoms with van der Waals surface area (Å²) in [7, 11) is 0. The number of benzene rings is 2. The van der Waals surface area contributed by atoms with E-state index in [0.717, 1.165) is 0 Å². The molecular formula is C65H93N3O30. The van der Waals surface area contributed by atoms with Crippen LogP contribution in [0, 0.1) is 11.8 Å². The molecule has 2 aliphatic rings. The second kappa shape index (κ2) is 44.6. The summed E-state index contributed by atoms with van der Waals surface area (Å²) in [5.74, 6) is -4.13. The molecule has 12 N–H and O–H groups in total. The van der Waals surface area contributed by atoms with E-state index < -0.39 is 146 Å². The van der Waals surface area contributed by atoms with Crippen molar-refractivity contribution in [2.24, 2.45) is 17.7 Å². The summed E-state index contributed by atoms with van der Waals surface area (Å²) in [5, 5.41) is 85.5. The molecular weight excluding hydrogens is 1300 g/mol. The van der Waals surface area contributed by atoms with Gasteiger partial charge in [0.25, 0.3) is 0 Å². The van der Waals surface area contributed by atoms with Crippen molar-refractivity contribution in [1.82, 2.24) is 10.6 Å². The average Bonchev–Trinajstić information content (AvgIpc) is 0.805. The summed E-state index contributed by atoms with van der Waals surface area (Å²) < 4.78 is 54.1. The van der Waals surface area contributed by atoms with Crippen molar-refractivity contribution in [1.29, 1.82) is 0 Å². The number of ketones is 5. The quantitative estimate of drug-likeness (QED) is 0.0180. The van der Waals surface area contributed by atoms with Crippen LogP contribution in [0.1, 0.15) is 143 Å². The Morgan fingerprint density at radius 2 is 1.09 bits per heavy atom. The molecule has 12 atom stereocenters. The van der Waals surface area contributed by atoms with Crippen LogP contribution in [0.15, 0.2) is 36.4 Å². The van der Waals surface area contributed by atoms with Crippen LogP contribution in [0.5, 0.6) is 11.5 Å². The number of unbranched alkanes of at least 4 members (excludes halogenated alkanes) is 1. The van der Waals surface area contributed by atoms with Crippen molar-refractivity contribution in [3.05, 3.63) is 58.7 Å². The van der Waals surface area contributed by atoms with Gasteiger partial charge in [-0.05, 0) is 86.8 Å². The number of carboxylic acids is 2. The zero-order valence-corrected chi connectivity index (χ0v) is 55.1. The molecule has 2 amide bonds. The van der Waals surface area contributed by atoms with Crippen LogP contribution in [-0.4, -0.2) is 239 Å². The van der Waals surface area contributed by atoms with E-state index in [1.54, 1.807) is 6.92 Å². The van der Waals surface area contributed by atoms with Gasteiger partial charge in [-0.15, -0.1) is 0 Å². The minimum absolute atomic E-state index is 0.000943. The maximum Gasteiger partial charge on any atom is 0.335 e. The number of carboxylic acid groups (broad SMARTS) is 2. The zero-order valence-electron chi connectivity index (χ0n) is 55.1. The molecule has 0 saturated carbocycles. The van der Waals surface area contributed by atoms with Gasteiger partial charge in [0, 0.05) is 84.0 Å².